The molecule has 17 heterocycles. The highest BCUT2D eigenvalue weighted by Crippen LogP contribution is 2.38. The number of amides is 18. The minimum atomic E-state index is -4.83. The maximum Gasteiger partial charge on any atom is 0.418 e. The number of rotatable bonds is 38. The van der Waals surface area contributed by atoms with E-state index in [0.29, 0.717) is 160 Å². The predicted octanol–water partition coefficient (Wildman–Crippen LogP) is -6.90. The molecule has 68 nitrogen and oxygen atoms in total. The summed E-state index contributed by atoms with van der Waals surface area (Å²) in [6, 6.07) is -12.6. The Bertz CT molecular complexity index is 5390. The number of likely N-dealkylation sites (tertiary alicyclic amines) is 2. The number of carbonyl (C=O) groups is 13. The third-order valence-electron chi connectivity index (χ3n) is 26.7. The van der Waals surface area contributed by atoms with Crippen molar-refractivity contribution in [3.8, 4) is 0 Å². The second-order valence-electron chi connectivity index (χ2n) is 38.0. The summed E-state index contributed by atoms with van der Waals surface area (Å²) in [6.07, 6.45) is 10.4. The molecule has 17 aliphatic rings. The first-order valence-electron chi connectivity index (χ1n) is 48.0. The molecule has 852 valence electrons. The molecule has 0 saturated carbocycles. The van der Waals surface area contributed by atoms with Crippen molar-refractivity contribution in [2.45, 2.75) is 221 Å². The number of nitrogens with one attached hydrogen (secondary N) is 8. The molecule has 17 aliphatic heterocycles. The lowest BCUT2D eigenvalue weighted by atomic mass is 9.84. The zero-order valence-electron chi connectivity index (χ0n) is 81.7. The summed E-state index contributed by atoms with van der Waals surface area (Å²) in [5, 5.41) is 9.67. The van der Waals surface area contributed by atoms with Crippen LogP contribution in [-0.2, 0) is 160 Å². The molecule has 150 heavy (non-hydrogen) atoms. The van der Waals surface area contributed by atoms with Crippen molar-refractivity contribution in [2.75, 3.05) is 178 Å². The van der Waals surface area contributed by atoms with Crippen LogP contribution in [0.4, 0.5) is 28.8 Å². The number of hydroxylamine groups is 18. The van der Waals surface area contributed by atoms with Gasteiger partial charge < -0.3 is 59.3 Å². The van der Waals surface area contributed by atoms with Gasteiger partial charge in [-0.25, -0.2) is 61.6 Å². The van der Waals surface area contributed by atoms with Gasteiger partial charge in [-0.1, -0.05) is 20.3 Å². The van der Waals surface area contributed by atoms with Gasteiger partial charge in [0.1, 0.15) is 48.1 Å². The molecule has 14 N–H and O–H groups in total. The van der Waals surface area contributed by atoms with E-state index >= 15 is 0 Å². The minimum absolute atomic E-state index is 0.0290. The van der Waals surface area contributed by atoms with Crippen LogP contribution in [0.3, 0.4) is 0 Å². The summed E-state index contributed by atoms with van der Waals surface area (Å²) >= 11 is 0. The Balaban J connectivity index is 0.000000160. The van der Waals surface area contributed by atoms with Crippen molar-refractivity contribution in [2.24, 2.45) is 5.41 Å². The van der Waals surface area contributed by atoms with E-state index < -0.39 is 213 Å². The Morgan fingerprint density at radius 2 is 0.593 bits per heavy atom. The molecule has 74 heteroatoms. The molecule has 2 unspecified atom stereocenters. The van der Waals surface area contributed by atoms with E-state index in [1.54, 1.807) is 0 Å². The second-order valence-corrected chi connectivity index (χ2v) is 44.0. The first kappa shape index (κ1) is 119. The number of ketones is 1. The molecular weight excluding hydrogens is 2150 g/mol. The highest BCUT2D eigenvalue weighted by molar-refractivity contribution is 7.82. The van der Waals surface area contributed by atoms with Gasteiger partial charge in [0.2, 0.25) is 0 Å². The molecule has 12 bridgehead atoms. The van der Waals surface area contributed by atoms with Crippen molar-refractivity contribution >= 4 is 140 Å². The van der Waals surface area contributed by atoms with Crippen LogP contribution in [0.1, 0.15) is 136 Å². The average molecular weight is 2280 g/mol. The van der Waals surface area contributed by atoms with Gasteiger partial charge in [0.15, 0.2) is 0 Å². The summed E-state index contributed by atoms with van der Waals surface area (Å²) < 4.78 is 218. The fraction of sp³-hybridized carbons (Fsp3) is 0.829. The molecule has 0 aliphatic carbocycles. The Kier molecular flexibility index (Phi) is 42.1. The number of methoxy groups -OCH3 is 1. The standard InChI is InChI=1S/2C14H24N4O7S.C13H22N4O8S.C13H22N4O7S.C12H18N4O8S.C10H17N3O8S/c1-14(2)5-10(6-15-8-14)24-16-12(19)11-4-3-9-7-17(11)13(20)18(9)25-26(21,22)23;19-13(15-24-9-8-16-6-2-1-3-7-16)12-5-4-11-10-17(12)14(20)18(11)25-26(21,22)23;18-12(14-24-8-5-15-3-6-23-7-4-15)11-2-1-10-9-16(11)13(19)17(10)25-26(20,21)22;18-12(14-23-8-7-15-5-1-2-6-15)11-4-3-10-9-16(11)13(19)17(10)24-25(20,21)22;17-8-3-9(5-13-4-8)23-14-11(18)10-2-1-7-6-15(10)12(19)16(7)24-25(20,21)22;1-19-4-5-20-11-9(14)8-3-2-7-6-12(8)10(15)13(7)21-22(16,17)18/h9-11,15H,3-8H2,1-2H3,(H,16,19)(H,21,22,23);11-12H,1-10H2,(H,15,19)(H,21,22,23);10-11H,1-9H2,(H,14,18)(H,20,21,22);10-11H,1-9H2,(H,14,18)(H,20,21,22);7,9-10,13H,1-6H2,(H,14,18)(H,20,21,22);7-8H,2-6H2,1H3,(H,11,14)(H,16,17,18)/t9-,10?,11+;11-,12+;2*10-,11+;7-,9?,10+;7-,8+/m111111/s1. The van der Waals surface area contributed by atoms with Crippen LogP contribution < -0.4 is 43.5 Å². The summed E-state index contributed by atoms with van der Waals surface area (Å²) in [4.78, 5) is 203. The van der Waals surface area contributed by atoms with Crippen LogP contribution in [0.25, 0.3) is 0 Å². The van der Waals surface area contributed by atoms with Crippen LogP contribution in [0, 0.1) is 5.41 Å². The van der Waals surface area contributed by atoms with Crippen LogP contribution in [0.2, 0.25) is 0 Å². The lowest BCUT2D eigenvalue weighted by molar-refractivity contribution is -0.147. The van der Waals surface area contributed by atoms with Gasteiger partial charge in [-0.15, -0.1) is 25.7 Å². The van der Waals surface area contributed by atoms with Gasteiger partial charge in [0, 0.05) is 105 Å². The van der Waals surface area contributed by atoms with Crippen molar-refractivity contribution in [3.05, 3.63) is 0 Å². The zero-order valence-corrected chi connectivity index (χ0v) is 86.6. The Morgan fingerprint density at radius 1 is 0.340 bits per heavy atom. The van der Waals surface area contributed by atoms with E-state index in [1.165, 1.54) is 63.7 Å². The van der Waals surface area contributed by atoms with Gasteiger partial charge >= 0.3 is 98.6 Å². The maximum absolute atomic E-state index is 12.5. The quantitative estimate of drug-likeness (QED) is 0.0155. The number of morpholine rings is 1. The summed E-state index contributed by atoms with van der Waals surface area (Å²) in [7, 11) is -27.3. The highest BCUT2D eigenvalue weighted by atomic mass is 32.3. The normalized spacial score (nSPS) is 27.9. The van der Waals surface area contributed by atoms with Crippen LogP contribution in [0.5, 0.6) is 0 Å². The van der Waals surface area contributed by atoms with Gasteiger partial charge in [0.05, 0.1) is 95.1 Å². The Morgan fingerprint density at radius 3 is 0.860 bits per heavy atom. The van der Waals surface area contributed by atoms with Gasteiger partial charge in [-0.3, -0.25) is 94.8 Å². The van der Waals surface area contributed by atoms with Crippen molar-refractivity contribution in [1.29, 1.82) is 0 Å². The molecule has 0 spiro atoms. The topological polar surface area (TPSA) is 822 Å². The summed E-state index contributed by atoms with van der Waals surface area (Å²) in [5.74, 6) is -2.97. The van der Waals surface area contributed by atoms with E-state index in [9.17, 15) is 113 Å². The molecule has 18 amide bonds. The van der Waals surface area contributed by atoms with E-state index in [-0.39, 0.29) is 82.6 Å². The average Bonchev–Trinajstić information content (AvgIpc) is 1.65. The molecule has 0 aromatic heterocycles. The van der Waals surface area contributed by atoms with E-state index in [1.807, 2.05) is 0 Å². The van der Waals surface area contributed by atoms with Crippen LogP contribution in [-0.4, -0.2) is 492 Å². The zero-order chi connectivity index (χ0) is 109. The Labute approximate surface area is 861 Å². The third-order valence-corrected chi connectivity index (χ3v) is 28.8. The number of piperidine rings is 9. The molecular formula is C76H127N23O45S6. The smallest absolute Gasteiger partial charge is 0.382 e. The Hall–Kier alpha value is -9.19. The molecule has 17 rings (SSSR count). The van der Waals surface area contributed by atoms with Crippen molar-refractivity contribution in [1.82, 2.24) is 118 Å². The van der Waals surface area contributed by atoms with E-state index in [2.05, 4.69) is 97.8 Å². The van der Waals surface area contributed by atoms with Gasteiger partial charge in [-0.05, 0) is 141 Å². The van der Waals surface area contributed by atoms with Crippen molar-refractivity contribution < 1.29 is 204 Å². The number of Topliss-reactive ketones (excluding diaryl/α,β-unsaturated/α-hetero) is 1. The fourth-order valence-corrected chi connectivity index (χ4v) is 22.1. The second kappa shape index (κ2) is 52.8. The number of hydrogen-bond donors (Lipinski definition) is 14. The monoisotopic (exact) mass is 2270 g/mol. The van der Waals surface area contributed by atoms with Gasteiger partial charge in [0.25, 0.3) is 35.4 Å². The van der Waals surface area contributed by atoms with Crippen molar-refractivity contribution in [3.63, 3.8) is 0 Å². The largest absolute Gasteiger partial charge is 0.418 e. The molecule has 17 saturated heterocycles. The van der Waals surface area contributed by atoms with Crippen LogP contribution in [0.15, 0.2) is 0 Å². The fourth-order valence-electron chi connectivity index (χ4n) is 19.7. The number of fused-ring (bicyclic) bond motifs is 12. The SMILES string of the molecule is CC1(C)CNCC(ONC(=O)[C@@H]2CC[C@@H]3CN2C(=O)N3OS(=O)(=O)O)C1.COCCONC(=O)[C@@H]1CC[C@@H]2CN1C(=O)N2OS(=O)(=O)O.O=C(NOCCN1CCCC1)[C@@H]1CC[C@@H]2CN1C(=O)N2OS(=O)(=O)O.O=C(NOCCN1CCCCC1)[C@@H]1CC[C@@H]2CN1C(=O)N2OS(=O)(=O)O.O=C(NOCCN1CCOCC1)[C@@H]1CC[C@@H]2CN1C(=O)N2OS(=O)(=O)O.O=C1CNCC(ONC(=O)[C@@H]2CC[C@@H]3CN2C(=O)N3OS(=O)(=O)O)C1. The summed E-state index contributed by atoms with van der Waals surface area (Å²) in [6.45, 7) is 17.9. The van der Waals surface area contributed by atoms with E-state index in [4.69, 9.17) is 65.8 Å². The molecule has 0 aromatic carbocycles. The maximum atomic E-state index is 12.5. The predicted molar refractivity (Wildman–Crippen MR) is 492 cm³/mol. The minimum Gasteiger partial charge on any atom is -0.382 e. The number of ether oxygens (including phenoxy) is 2. The van der Waals surface area contributed by atoms with E-state index in [0.717, 1.165) is 70.2 Å². The van der Waals surface area contributed by atoms with Crippen LogP contribution >= 0.6 is 0 Å². The lowest BCUT2D eigenvalue weighted by Crippen LogP contribution is -2.52. The lowest BCUT2D eigenvalue weighted by Gasteiger charge is -2.36. The molecule has 0 radical (unpaired) electrons. The number of urea groups is 6. The number of carbonyl (C=O) groups excluding carboxylic acids is 13. The first-order chi connectivity index (χ1) is 70.7. The molecule has 0 aromatic rings. The first-order valence-corrected chi connectivity index (χ1v) is 56.2. The molecule has 17 fully saturated rings. The number of hydrogen-bond acceptors (Lipinski definition) is 44. The molecule has 14 atom stereocenters. The highest BCUT2D eigenvalue weighted by Gasteiger charge is 2.57. The number of nitrogens with zero attached hydrogens (tertiary/aromatic N) is 15. The third kappa shape index (κ3) is 34.4. The van der Waals surface area contributed by atoms with Gasteiger partial charge in [-0.2, -0.15) is 80.9 Å². The summed E-state index contributed by atoms with van der Waals surface area (Å²) in [5.41, 5.74) is 14.0.